The molecule has 2 aromatic rings. The molecule has 2 N–H and O–H groups in total. The molecule has 5 heteroatoms. The summed E-state index contributed by atoms with van der Waals surface area (Å²) < 4.78 is 0. The predicted molar refractivity (Wildman–Crippen MR) is 95.1 cm³/mol. The van der Waals surface area contributed by atoms with Gasteiger partial charge in [0.1, 0.15) is 0 Å². The number of aromatic nitrogens is 2. The average Bonchev–Trinajstić information content (AvgIpc) is 2.45. The highest BCUT2D eigenvalue weighted by Gasteiger charge is 2.04. The molecular formula is C17H23N3OS. The summed E-state index contributed by atoms with van der Waals surface area (Å²) in [7, 11) is 0. The molecule has 1 heterocycles. The lowest BCUT2D eigenvalue weighted by Gasteiger charge is -2.10. The van der Waals surface area contributed by atoms with E-state index in [2.05, 4.69) is 55.1 Å². The third-order valence-corrected chi connectivity index (χ3v) is 4.33. The number of rotatable bonds is 6. The molecular weight excluding hydrogens is 294 g/mol. The quantitative estimate of drug-likeness (QED) is 0.835. The molecule has 0 saturated carbocycles. The Bertz CT molecular complexity index is 662. The maximum absolute atomic E-state index is 11.7. The van der Waals surface area contributed by atoms with Gasteiger partial charge in [0.2, 0.25) is 5.95 Å². The van der Waals surface area contributed by atoms with Gasteiger partial charge < -0.3 is 5.32 Å². The first-order valence-corrected chi connectivity index (χ1v) is 8.57. The second-order valence-electron chi connectivity index (χ2n) is 5.85. The van der Waals surface area contributed by atoms with Gasteiger partial charge in [-0.05, 0) is 28.9 Å². The van der Waals surface area contributed by atoms with E-state index in [1.165, 1.54) is 5.56 Å². The van der Waals surface area contributed by atoms with E-state index in [0.717, 1.165) is 17.1 Å². The lowest BCUT2D eigenvalue weighted by molar-refractivity contribution is 0.867. The highest BCUT2D eigenvalue weighted by Crippen LogP contribution is 2.19. The average molecular weight is 317 g/mol. The van der Waals surface area contributed by atoms with Crippen LogP contribution in [-0.2, 0) is 5.75 Å². The third-order valence-electron chi connectivity index (χ3n) is 3.20. The Morgan fingerprint density at radius 3 is 2.45 bits per heavy atom. The van der Waals surface area contributed by atoms with Crippen molar-refractivity contribution in [2.45, 2.75) is 44.6 Å². The van der Waals surface area contributed by atoms with Crippen molar-refractivity contribution in [2.75, 3.05) is 5.32 Å². The molecule has 22 heavy (non-hydrogen) atoms. The summed E-state index contributed by atoms with van der Waals surface area (Å²) >= 11 is 1.77. The second kappa shape index (κ2) is 7.49. The van der Waals surface area contributed by atoms with Gasteiger partial charge in [-0.15, -0.1) is 0 Å². The van der Waals surface area contributed by atoms with Crippen LogP contribution in [0, 0.1) is 0 Å². The van der Waals surface area contributed by atoms with Crippen LogP contribution < -0.4 is 10.9 Å². The summed E-state index contributed by atoms with van der Waals surface area (Å²) in [6.45, 7) is 8.59. The molecule has 0 amide bonds. The van der Waals surface area contributed by atoms with Crippen LogP contribution in [0.4, 0.5) is 11.6 Å². The normalized spacial score (nSPS) is 11.2. The van der Waals surface area contributed by atoms with Crippen molar-refractivity contribution < 1.29 is 0 Å². The van der Waals surface area contributed by atoms with Crippen molar-refractivity contribution in [3.05, 3.63) is 51.9 Å². The first-order chi connectivity index (χ1) is 10.4. The van der Waals surface area contributed by atoms with Gasteiger partial charge in [0.25, 0.3) is 5.56 Å². The minimum Gasteiger partial charge on any atom is -0.326 e. The monoisotopic (exact) mass is 317 g/mol. The van der Waals surface area contributed by atoms with Crippen LogP contribution in [0.2, 0.25) is 0 Å². The van der Waals surface area contributed by atoms with Crippen LogP contribution in [0.15, 0.2) is 35.1 Å². The van der Waals surface area contributed by atoms with Crippen LogP contribution >= 0.6 is 11.8 Å². The van der Waals surface area contributed by atoms with Gasteiger partial charge in [0.15, 0.2) is 0 Å². The smallest absolute Gasteiger partial charge is 0.252 e. The molecule has 118 valence electrons. The number of nitrogens with one attached hydrogen (secondary N) is 2. The topological polar surface area (TPSA) is 57.8 Å². The Morgan fingerprint density at radius 2 is 1.86 bits per heavy atom. The van der Waals surface area contributed by atoms with Crippen LogP contribution in [0.1, 0.15) is 44.9 Å². The fourth-order valence-electron chi connectivity index (χ4n) is 1.98. The van der Waals surface area contributed by atoms with Crippen LogP contribution in [0.3, 0.4) is 0 Å². The minimum atomic E-state index is -0.129. The molecule has 0 saturated heterocycles. The van der Waals surface area contributed by atoms with E-state index in [4.69, 9.17) is 0 Å². The molecule has 4 nitrogen and oxygen atoms in total. The number of nitrogens with zero attached hydrogens (tertiary/aromatic N) is 1. The molecule has 1 aromatic heterocycles. The van der Waals surface area contributed by atoms with E-state index in [0.29, 0.717) is 17.1 Å². The van der Waals surface area contributed by atoms with E-state index in [1.54, 1.807) is 17.8 Å². The fourth-order valence-corrected chi connectivity index (χ4v) is 2.63. The Balaban J connectivity index is 2.13. The fraction of sp³-hybridized carbons (Fsp3) is 0.412. The Hall–Kier alpha value is -1.75. The van der Waals surface area contributed by atoms with E-state index >= 15 is 0 Å². The largest absolute Gasteiger partial charge is 0.326 e. The molecule has 0 radical (unpaired) electrons. The minimum absolute atomic E-state index is 0.129. The first kappa shape index (κ1) is 16.6. The molecule has 0 fully saturated rings. The van der Waals surface area contributed by atoms with E-state index < -0.39 is 0 Å². The SMILES string of the molecule is CC(C)SCc1cc(=O)[nH]c(Nc2ccc(C(C)C)cc2)n1. The summed E-state index contributed by atoms with van der Waals surface area (Å²) in [6, 6.07) is 9.74. The zero-order chi connectivity index (χ0) is 16.1. The Labute approximate surface area is 135 Å². The summed E-state index contributed by atoms with van der Waals surface area (Å²) in [5.74, 6) is 1.73. The summed E-state index contributed by atoms with van der Waals surface area (Å²) in [4.78, 5) is 18.9. The number of benzene rings is 1. The Morgan fingerprint density at radius 1 is 1.18 bits per heavy atom. The number of anilines is 2. The highest BCUT2D eigenvalue weighted by molar-refractivity contribution is 7.99. The second-order valence-corrected chi connectivity index (χ2v) is 7.41. The van der Waals surface area contributed by atoms with Gasteiger partial charge in [0.05, 0.1) is 5.69 Å². The van der Waals surface area contributed by atoms with Gasteiger partial charge in [-0.1, -0.05) is 39.8 Å². The maximum Gasteiger partial charge on any atom is 0.252 e. The molecule has 0 unspecified atom stereocenters. The number of thioether (sulfide) groups is 1. The summed E-state index contributed by atoms with van der Waals surface area (Å²) in [6.07, 6.45) is 0. The lowest BCUT2D eigenvalue weighted by Crippen LogP contribution is -2.12. The lowest BCUT2D eigenvalue weighted by atomic mass is 10.0. The van der Waals surface area contributed by atoms with Crippen molar-refractivity contribution >= 4 is 23.4 Å². The van der Waals surface area contributed by atoms with Crippen LogP contribution in [0.25, 0.3) is 0 Å². The number of hydrogen-bond acceptors (Lipinski definition) is 4. The van der Waals surface area contributed by atoms with Crippen molar-refractivity contribution in [1.82, 2.24) is 9.97 Å². The maximum atomic E-state index is 11.7. The van der Waals surface area contributed by atoms with Crippen LogP contribution in [0.5, 0.6) is 0 Å². The molecule has 0 bridgehead atoms. The van der Waals surface area contributed by atoms with Gasteiger partial charge in [-0.2, -0.15) is 11.8 Å². The van der Waals surface area contributed by atoms with E-state index in [9.17, 15) is 4.79 Å². The Kier molecular flexibility index (Phi) is 5.66. The molecule has 2 rings (SSSR count). The molecule has 1 aromatic carbocycles. The van der Waals surface area contributed by atoms with Crippen molar-refractivity contribution in [3.8, 4) is 0 Å². The van der Waals surface area contributed by atoms with E-state index in [-0.39, 0.29) is 5.56 Å². The molecule has 0 spiro atoms. The first-order valence-electron chi connectivity index (χ1n) is 7.53. The predicted octanol–water partition coefficient (Wildman–Crippen LogP) is 4.28. The van der Waals surface area contributed by atoms with Gasteiger partial charge in [-0.3, -0.25) is 9.78 Å². The zero-order valence-corrected chi connectivity index (χ0v) is 14.3. The van der Waals surface area contributed by atoms with Crippen molar-refractivity contribution in [1.29, 1.82) is 0 Å². The standard InChI is InChI=1S/C17H23N3OS/c1-11(2)13-5-7-14(8-6-13)18-17-19-15(9-16(21)20-17)10-22-12(3)4/h5-9,11-12H,10H2,1-4H3,(H2,18,19,20,21). The van der Waals surface area contributed by atoms with Gasteiger partial charge in [-0.25, -0.2) is 4.98 Å². The summed E-state index contributed by atoms with van der Waals surface area (Å²) in [5.41, 5.74) is 2.87. The zero-order valence-electron chi connectivity index (χ0n) is 13.5. The number of H-pyrrole nitrogens is 1. The van der Waals surface area contributed by atoms with Crippen LogP contribution in [-0.4, -0.2) is 15.2 Å². The van der Waals surface area contributed by atoms with Gasteiger partial charge >= 0.3 is 0 Å². The molecule has 0 aliphatic heterocycles. The third kappa shape index (κ3) is 4.91. The summed E-state index contributed by atoms with van der Waals surface area (Å²) in [5, 5.41) is 3.68. The molecule has 0 aliphatic rings. The van der Waals surface area contributed by atoms with Gasteiger partial charge in [0, 0.05) is 17.5 Å². The highest BCUT2D eigenvalue weighted by atomic mass is 32.2. The van der Waals surface area contributed by atoms with Crippen molar-refractivity contribution in [2.24, 2.45) is 0 Å². The van der Waals surface area contributed by atoms with E-state index in [1.807, 2.05) is 12.1 Å². The molecule has 0 atom stereocenters. The molecule has 0 aliphatic carbocycles. The number of aromatic amines is 1. The van der Waals surface area contributed by atoms with Crippen molar-refractivity contribution in [3.63, 3.8) is 0 Å². The number of hydrogen-bond donors (Lipinski definition) is 2.